The van der Waals surface area contributed by atoms with Gasteiger partial charge in [0, 0.05) is 13.0 Å². The number of carbonyl (C=O) groups excluding carboxylic acids is 1. The van der Waals surface area contributed by atoms with Gasteiger partial charge in [-0.2, -0.15) is 0 Å². The zero-order valence-corrected chi connectivity index (χ0v) is 10.1. The zero-order valence-electron chi connectivity index (χ0n) is 10.1. The average molecular weight is 238 g/mol. The van der Waals surface area contributed by atoms with Gasteiger partial charge in [-0.25, -0.2) is 10.5 Å². The standard InChI is InChI=1S/C11H18N4O2/c1-7(2)5-17-15-11(16)9-3-8-10(4-12-9)14-6-13-8/h6-7,9,12H,3-5H2,1-2H3,(H,13,14)(H,15,16). The molecule has 0 bridgehead atoms. The molecule has 94 valence electrons. The van der Waals surface area contributed by atoms with Crippen molar-refractivity contribution in [3.63, 3.8) is 0 Å². The zero-order chi connectivity index (χ0) is 12.3. The predicted molar refractivity (Wildman–Crippen MR) is 61.9 cm³/mol. The van der Waals surface area contributed by atoms with Crippen molar-refractivity contribution in [2.24, 2.45) is 5.92 Å². The minimum atomic E-state index is -0.266. The van der Waals surface area contributed by atoms with E-state index in [0.29, 0.717) is 25.5 Å². The second-order valence-corrected chi connectivity index (χ2v) is 4.64. The van der Waals surface area contributed by atoms with Gasteiger partial charge in [0.05, 0.1) is 30.4 Å². The minimum absolute atomic E-state index is 0.140. The Kier molecular flexibility index (Phi) is 3.75. The molecule has 6 heteroatoms. The van der Waals surface area contributed by atoms with Crippen LogP contribution in [-0.2, 0) is 22.6 Å². The highest BCUT2D eigenvalue weighted by atomic mass is 16.7. The van der Waals surface area contributed by atoms with Crippen LogP contribution < -0.4 is 10.8 Å². The molecule has 2 rings (SSSR count). The summed E-state index contributed by atoms with van der Waals surface area (Å²) >= 11 is 0. The highest BCUT2D eigenvalue weighted by Crippen LogP contribution is 2.11. The molecule has 1 amide bonds. The van der Waals surface area contributed by atoms with E-state index in [-0.39, 0.29) is 11.9 Å². The Labute approximate surface area is 100 Å². The molecule has 1 aromatic heterocycles. The molecule has 1 unspecified atom stereocenters. The maximum Gasteiger partial charge on any atom is 0.261 e. The summed E-state index contributed by atoms with van der Waals surface area (Å²) in [7, 11) is 0. The lowest BCUT2D eigenvalue weighted by Gasteiger charge is -2.22. The number of nitrogens with zero attached hydrogens (tertiary/aromatic N) is 1. The number of hydrogen-bond acceptors (Lipinski definition) is 4. The predicted octanol–water partition coefficient (Wildman–Crippen LogP) is 0.128. The van der Waals surface area contributed by atoms with Crippen LogP contribution in [0.25, 0.3) is 0 Å². The number of carbonyl (C=O) groups is 1. The lowest BCUT2D eigenvalue weighted by molar-refractivity contribution is -0.136. The van der Waals surface area contributed by atoms with E-state index >= 15 is 0 Å². The van der Waals surface area contributed by atoms with Crippen molar-refractivity contribution >= 4 is 5.91 Å². The summed E-state index contributed by atoms with van der Waals surface area (Å²) in [5, 5.41) is 3.14. The molecule has 1 aliphatic rings. The Morgan fingerprint density at radius 3 is 3.29 bits per heavy atom. The van der Waals surface area contributed by atoms with Crippen molar-refractivity contribution in [1.29, 1.82) is 0 Å². The van der Waals surface area contributed by atoms with Crippen LogP contribution in [0.3, 0.4) is 0 Å². The van der Waals surface area contributed by atoms with Crippen LogP contribution in [-0.4, -0.2) is 28.5 Å². The van der Waals surface area contributed by atoms with Crippen LogP contribution in [0.1, 0.15) is 25.2 Å². The first-order valence-electron chi connectivity index (χ1n) is 5.83. The van der Waals surface area contributed by atoms with E-state index in [1.54, 1.807) is 6.33 Å². The molecule has 6 nitrogen and oxygen atoms in total. The summed E-state index contributed by atoms with van der Waals surface area (Å²) in [5.74, 6) is 0.256. The second-order valence-electron chi connectivity index (χ2n) is 4.64. The molecule has 2 heterocycles. The normalized spacial score (nSPS) is 19.1. The molecule has 0 radical (unpaired) electrons. The van der Waals surface area contributed by atoms with Gasteiger partial charge >= 0.3 is 0 Å². The molecular formula is C11H18N4O2. The van der Waals surface area contributed by atoms with E-state index in [9.17, 15) is 4.79 Å². The van der Waals surface area contributed by atoms with Gasteiger partial charge in [0.1, 0.15) is 0 Å². The average Bonchev–Trinajstić information content (AvgIpc) is 2.75. The molecule has 0 aliphatic carbocycles. The number of H-pyrrole nitrogens is 1. The van der Waals surface area contributed by atoms with Gasteiger partial charge in [0.15, 0.2) is 0 Å². The topological polar surface area (TPSA) is 79.0 Å². The molecule has 0 saturated heterocycles. The monoisotopic (exact) mass is 238 g/mol. The maximum absolute atomic E-state index is 11.8. The molecule has 3 N–H and O–H groups in total. The number of aromatic nitrogens is 2. The van der Waals surface area contributed by atoms with E-state index in [1.807, 2.05) is 13.8 Å². The van der Waals surface area contributed by atoms with Crippen molar-refractivity contribution in [3.05, 3.63) is 17.7 Å². The van der Waals surface area contributed by atoms with E-state index in [0.717, 1.165) is 11.4 Å². The smallest absolute Gasteiger partial charge is 0.261 e. The van der Waals surface area contributed by atoms with E-state index in [4.69, 9.17) is 4.84 Å². The SMILES string of the molecule is CC(C)CONC(=O)C1Cc2nc[nH]c2CN1. The lowest BCUT2D eigenvalue weighted by atomic mass is 10.1. The van der Waals surface area contributed by atoms with Crippen molar-refractivity contribution < 1.29 is 9.63 Å². The number of amides is 1. The van der Waals surface area contributed by atoms with E-state index in [1.165, 1.54) is 0 Å². The molecule has 0 fully saturated rings. The summed E-state index contributed by atoms with van der Waals surface area (Å²) in [6.45, 7) is 5.21. The molecular weight excluding hydrogens is 220 g/mol. The summed E-state index contributed by atoms with van der Waals surface area (Å²) in [6.07, 6.45) is 2.25. The van der Waals surface area contributed by atoms with E-state index < -0.39 is 0 Å². The Balaban J connectivity index is 1.82. The highest BCUT2D eigenvalue weighted by molar-refractivity contribution is 5.81. The first kappa shape index (κ1) is 12.1. The first-order valence-corrected chi connectivity index (χ1v) is 5.83. The van der Waals surface area contributed by atoms with Gasteiger partial charge in [-0.1, -0.05) is 13.8 Å². The Morgan fingerprint density at radius 2 is 2.53 bits per heavy atom. The number of fused-ring (bicyclic) bond motifs is 1. The second kappa shape index (κ2) is 5.29. The van der Waals surface area contributed by atoms with Crippen LogP contribution in [0.2, 0.25) is 0 Å². The summed E-state index contributed by atoms with van der Waals surface area (Å²) < 4.78 is 0. The van der Waals surface area contributed by atoms with Crippen molar-refractivity contribution in [2.45, 2.75) is 32.9 Å². The number of rotatable bonds is 4. The fraction of sp³-hybridized carbons (Fsp3) is 0.636. The van der Waals surface area contributed by atoms with Crippen LogP contribution in [0.4, 0.5) is 0 Å². The number of imidazole rings is 1. The molecule has 17 heavy (non-hydrogen) atoms. The third kappa shape index (κ3) is 3.04. The number of aromatic amines is 1. The van der Waals surface area contributed by atoms with Gasteiger partial charge in [0.25, 0.3) is 5.91 Å². The molecule has 1 atom stereocenters. The van der Waals surface area contributed by atoms with Crippen LogP contribution in [0.5, 0.6) is 0 Å². The van der Waals surface area contributed by atoms with Crippen LogP contribution in [0.15, 0.2) is 6.33 Å². The van der Waals surface area contributed by atoms with Crippen LogP contribution in [0, 0.1) is 5.92 Å². The third-order valence-electron chi connectivity index (χ3n) is 2.64. The largest absolute Gasteiger partial charge is 0.347 e. The summed E-state index contributed by atoms with van der Waals surface area (Å²) in [6, 6.07) is -0.266. The molecule has 0 saturated carbocycles. The molecule has 0 spiro atoms. The maximum atomic E-state index is 11.8. The molecule has 1 aromatic rings. The first-order chi connectivity index (χ1) is 8.16. The van der Waals surface area contributed by atoms with Gasteiger partial charge in [-0.15, -0.1) is 0 Å². The molecule has 0 aromatic carbocycles. The molecule has 1 aliphatic heterocycles. The Morgan fingerprint density at radius 1 is 1.71 bits per heavy atom. The lowest BCUT2D eigenvalue weighted by Crippen LogP contribution is -2.47. The third-order valence-corrected chi connectivity index (χ3v) is 2.64. The van der Waals surface area contributed by atoms with Gasteiger partial charge in [0.2, 0.25) is 0 Å². The Bertz CT molecular complexity index is 389. The van der Waals surface area contributed by atoms with E-state index in [2.05, 4.69) is 20.8 Å². The number of nitrogens with one attached hydrogen (secondary N) is 3. The quantitative estimate of drug-likeness (QED) is 0.651. The van der Waals surface area contributed by atoms with Crippen molar-refractivity contribution in [1.82, 2.24) is 20.8 Å². The van der Waals surface area contributed by atoms with Gasteiger partial charge in [-0.3, -0.25) is 14.9 Å². The number of hydroxylamine groups is 1. The summed E-state index contributed by atoms with van der Waals surface area (Å²) in [4.78, 5) is 24.1. The van der Waals surface area contributed by atoms with Crippen LogP contribution >= 0.6 is 0 Å². The number of hydrogen-bond donors (Lipinski definition) is 3. The summed E-state index contributed by atoms with van der Waals surface area (Å²) in [5.41, 5.74) is 4.47. The Hall–Kier alpha value is -1.40. The fourth-order valence-electron chi connectivity index (χ4n) is 1.71. The minimum Gasteiger partial charge on any atom is -0.347 e. The van der Waals surface area contributed by atoms with Gasteiger partial charge < -0.3 is 4.98 Å². The fourth-order valence-corrected chi connectivity index (χ4v) is 1.71. The van der Waals surface area contributed by atoms with Crippen molar-refractivity contribution in [2.75, 3.05) is 6.61 Å². The highest BCUT2D eigenvalue weighted by Gasteiger charge is 2.25. The van der Waals surface area contributed by atoms with Gasteiger partial charge in [-0.05, 0) is 5.92 Å². The van der Waals surface area contributed by atoms with Crippen molar-refractivity contribution in [3.8, 4) is 0 Å².